The van der Waals surface area contributed by atoms with E-state index in [2.05, 4.69) is 19.9 Å². The summed E-state index contributed by atoms with van der Waals surface area (Å²) < 4.78 is 44.6. The number of nitrogens with zero attached hydrogens (tertiary/aromatic N) is 3. The predicted molar refractivity (Wildman–Crippen MR) is 85.1 cm³/mol. The molecule has 1 aliphatic rings. The number of allylic oxidation sites excluding steroid dienone is 1. The fourth-order valence-corrected chi connectivity index (χ4v) is 3.23. The SMILES string of the molecule is O=C1N=CC=CC1c1noc(CNS(=O)(=O)c2ccc(F)c(Cl)c2)n1. The van der Waals surface area contributed by atoms with E-state index < -0.39 is 27.7 Å². The summed E-state index contributed by atoms with van der Waals surface area (Å²) in [5.41, 5.74) is 0. The number of carbonyl (C=O) groups excluding carboxylic acids is 1. The van der Waals surface area contributed by atoms with Crippen molar-refractivity contribution in [3.8, 4) is 0 Å². The van der Waals surface area contributed by atoms with Crippen LogP contribution in [0, 0.1) is 5.82 Å². The Labute approximate surface area is 146 Å². The number of aromatic nitrogens is 2. The lowest BCUT2D eigenvalue weighted by atomic mass is 10.1. The average Bonchev–Trinajstić information content (AvgIpc) is 3.05. The van der Waals surface area contributed by atoms with Gasteiger partial charge in [-0.05, 0) is 24.3 Å². The summed E-state index contributed by atoms with van der Waals surface area (Å²) in [4.78, 5) is 19.0. The van der Waals surface area contributed by atoms with E-state index in [1.807, 2.05) is 0 Å². The zero-order valence-corrected chi connectivity index (χ0v) is 14.0. The van der Waals surface area contributed by atoms with Crippen molar-refractivity contribution in [2.75, 3.05) is 0 Å². The monoisotopic (exact) mass is 384 g/mol. The third kappa shape index (κ3) is 3.81. The smallest absolute Gasteiger partial charge is 0.260 e. The molecule has 0 fully saturated rings. The van der Waals surface area contributed by atoms with Crippen LogP contribution < -0.4 is 4.72 Å². The Morgan fingerprint density at radius 1 is 1.36 bits per heavy atom. The number of rotatable bonds is 5. The number of dihydropyridines is 1. The molecule has 1 unspecified atom stereocenters. The van der Waals surface area contributed by atoms with Crippen LogP contribution in [0.25, 0.3) is 0 Å². The second-order valence-electron chi connectivity index (χ2n) is 4.93. The minimum Gasteiger partial charge on any atom is -0.338 e. The lowest BCUT2D eigenvalue weighted by molar-refractivity contribution is -0.118. The molecule has 1 atom stereocenters. The number of aliphatic imine (C=N–C) groups is 1. The Hall–Kier alpha value is -2.43. The van der Waals surface area contributed by atoms with Crippen molar-refractivity contribution >= 4 is 33.7 Å². The van der Waals surface area contributed by atoms with E-state index >= 15 is 0 Å². The van der Waals surface area contributed by atoms with Crippen molar-refractivity contribution in [2.24, 2.45) is 4.99 Å². The van der Waals surface area contributed by atoms with Gasteiger partial charge in [0.2, 0.25) is 15.9 Å². The second kappa shape index (κ2) is 6.82. The molecule has 1 amide bonds. The first-order valence-electron chi connectivity index (χ1n) is 6.89. The highest BCUT2D eigenvalue weighted by atomic mass is 35.5. The van der Waals surface area contributed by atoms with Crippen LogP contribution in [0.5, 0.6) is 0 Å². The molecular formula is C14H10ClFN4O4S. The molecule has 1 N–H and O–H groups in total. The van der Waals surface area contributed by atoms with Crippen LogP contribution in [0.2, 0.25) is 5.02 Å². The van der Waals surface area contributed by atoms with Gasteiger partial charge >= 0.3 is 0 Å². The quantitative estimate of drug-likeness (QED) is 0.837. The summed E-state index contributed by atoms with van der Waals surface area (Å²) in [6, 6.07) is 3.01. The molecule has 0 aliphatic carbocycles. The highest BCUT2D eigenvalue weighted by Crippen LogP contribution is 2.20. The average molecular weight is 385 g/mol. The Balaban J connectivity index is 1.71. The van der Waals surface area contributed by atoms with E-state index in [9.17, 15) is 17.6 Å². The number of nitrogens with one attached hydrogen (secondary N) is 1. The highest BCUT2D eigenvalue weighted by Gasteiger charge is 2.25. The largest absolute Gasteiger partial charge is 0.338 e. The first-order valence-corrected chi connectivity index (χ1v) is 8.75. The van der Waals surface area contributed by atoms with Gasteiger partial charge in [-0.3, -0.25) is 4.79 Å². The summed E-state index contributed by atoms with van der Waals surface area (Å²) in [5.74, 6) is -1.90. The highest BCUT2D eigenvalue weighted by molar-refractivity contribution is 7.89. The molecule has 2 heterocycles. The van der Waals surface area contributed by atoms with E-state index in [0.29, 0.717) is 0 Å². The summed E-state index contributed by atoms with van der Waals surface area (Å²) in [5, 5.41) is 3.34. The molecular weight excluding hydrogens is 375 g/mol. The molecule has 2 aromatic rings. The molecule has 1 aromatic heterocycles. The van der Waals surface area contributed by atoms with Gasteiger partial charge in [0.1, 0.15) is 11.7 Å². The fraction of sp³-hybridized carbons (Fsp3) is 0.143. The van der Waals surface area contributed by atoms with Crippen molar-refractivity contribution < 1.29 is 22.1 Å². The van der Waals surface area contributed by atoms with Gasteiger partial charge in [-0.25, -0.2) is 22.5 Å². The van der Waals surface area contributed by atoms with E-state index in [1.54, 1.807) is 12.2 Å². The Bertz CT molecular complexity index is 986. The maximum absolute atomic E-state index is 13.1. The van der Waals surface area contributed by atoms with Gasteiger partial charge in [0, 0.05) is 6.21 Å². The first-order chi connectivity index (χ1) is 11.9. The molecule has 0 saturated carbocycles. The summed E-state index contributed by atoms with van der Waals surface area (Å²) in [6.07, 6.45) is 4.47. The van der Waals surface area contributed by atoms with Gasteiger partial charge in [-0.15, -0.1) is 0 Å². The third-order valence-corrected chi connectivity index (χ3v) is 4.92. The summed E-state index contributed by atoms with van der Waals surface area (Å²) >= 11 is 5.58. The molecule has 0 spiro atoms. The van der Waals surface area contributed by atoms with Gasteiger partial charge in [-0.1, -0.05) is 22.8 Å². The van der Waals surface area contributed by atoms with Gasteiger partial charge in [0.05, 0.1) is 16.5 Å². The summed E-state index contributed by atoms with van der Waals surface area (Å²) in [6.45, 7) is -0.307. The van der Waals surface area contributed by atoms with E-state index in [0.717, 1.165) is 18.2 Å². The number of hydrogen-bond donors (Lipinski definition) is 1. The number of sulfonamides is 1. The molecule has 1 aliphatic heterocycles. The minimum atomic E-state index is -3.96. The Morgan fingerprint density at radius 2 is 2.16 bits per heavy atom. The number of amides is 1. The number of halogens is 2. The molecule has 1 aromatic carbocycles. The van der Waals surface area contributed by atoms with Crippen LogP contribution in [0.15, 0.2) is 44.8 Å². The standard InChI is InChI=1S/C14H10ClFN4O4S/c15-10-6-8(3-4-11(10)16)25(22,23)18-7-12-19-13(20-24-12)9-2-1-5-17-14(9)21/h1-6,9,18H,7H2. The minimum absolute atomic E-state index is 0.0393. The third-order valence-electron chi connectivity index (χ3n) is 3.23. The normalized spacial score (nSPS) is 17.2. The number of hydrogen-bond acceptors (Lipinski definition) is 6. The maximum Gasteiger partial charge on any atom is 0.260 e. The molecule has 0 saturated heterocycles. The van der Waals surface area contributed by atoms with Crippen LogP contribution in [0.3, 0.4) is 0 Å². The van der Waals surface area contributed by atoms with Crippen LogP contribution in [0.4, 0.5) is 4.39 Å². The van der Waals surface area contributed by atoms with E-state index in [4.69, 9.17) is 16.1 Å². The van der Waals surface area contributed by atoms with E-state index in [1.165, 1.54) is 6.21 Å². The molecule has 0 radical (unpaired) electrons. The van der Waals surface area contributed by atoms with Crippen molar-refractivity contribution in [2.45, 2.75) is 17.4 Å². The predicted octanol–water partition coefficient (Wildman–Crippen LogP) is 1.59. The zero-order valence-electron chi connectivity index (χ0n) is 12.4. The van der Waals surface area contributed by atoms with Gasteiger partial charge in [0.25, 0.3) is 5.91 Å². The zero-order chi connectivity index (χ0) is 18.0. The van der Waals surface area contributed by atoms with Gasteiger partial charge in [-0.2, -0.15) is 4.98 Å². The molecule has 130 valence electrons. The van der Waals surface area contributed by atoms with Gasteiger partial charge < -0.3 is 4.52 Å². The number of carbonyl (C=O) groups is 1. The van der Waals surface area contributed by atoms with Crippen LogP contribution in [-0.2, 0) is 21.4 Å². The van der Waals surface area contributed by atoms with Crippen LogP contribution >= 0.6 is 11.6 Å². The summed E-state index contributed by atoms with van der Waals surface area (Å²) in [7, 11) is -3.96. The van der Waals surface area contributed by atoms with Crippen LogP contribution in [-0.4, -0.2) is 30.7 Å². The molecule has 8 nitrogen and oxygen atoms in total. The molecule has 3 rings (SSSR count). The van der Waals surface area contributed by atoms with Crippen molar-refractivity contribution in [1.82, 2.24) is 14.9 Å². The maximum atomic E-state index is 13.1. The number of benzene rings is 1. The lowest BCUT2D eigenvalue weighted by Gasteiger charge is -2.05. The van der Waals surface area contributed by atoms with Gasteiger partial charge in [0.15, 0.2) is 5.82 Å². The lowest BCUT2D eigenvalue weighted by Crippen LogP contribution is -2.23. The first kappa shape index (κ1) is 17.4. The fourth-order valence-electron chi connectivity index (χ4n) is 1.99. The Morgan fingerprint density at radius 3 is 2.88 bits per heavy atom. The molecule has 0 bridgehead atoms. The Kier molecular flexibility index (Phi) is 4.75. The van der Waals surface area contributed by atoms with Crippen molar-refractivity contribution in [3.63, 3.8) is 0 Å². The van der Waals surface area contributed by atoms with Crippen molar-refractivity contribution in [3.05, 3.63) is 52.9 Å². The second-order valence-corrected chi connectivity index (χ2v) is 7.10. The van der Waals surface area contributed by atoms with E-state index in [-0.39, 0.29) is 28.2 Å². The van der Waals surface area contributed by atoms with Crippen molar-refractivity contribution in [1.29, 1.82) is 0 Å². The molecule has 11 heteroatoms. The topological polar surface area (TPSA) is 115 Å². The van der Waals surface area contributed by atoms with Crippen LogP contribution in [0.1, 0.15) is 17.6 Å². The molecule has 25 heavy (non-hydrogen) atoms.